The van der Waals surface area contributed by atoms with Crippen LogP contribution in [0, 0.1) is 0 Å². The number of hydrogen-bond acceptors (Lipinski definition) is 16. The van der Waals surface area contributed by atoms with Crippen LogP contribution in [0.1, 0.15) is 0 Å². The summed E-state index contributed by atoms with van der Waals surface area (Å²) < 4.78 is 0. The van der Waals surface area contributed by atoms with Gasteiger partial charge in [-0.05, 0) is 0 Å². The second kappa shape index (κ2) is 26.4. The van der Waals surface area contributed by atoms with Gasteiger partial charge in [-0.15, -0.1) is 0 Å². The van der Waals surface area contributed by atoms with E-state index < -0.39 is 75.1 Å². The van der Waals surface area contributed by atoms with Gasteiger partial charge in [0, 0.05) is 39.3 Å². The first kappa shape index (κ1) is 42.9. The number of carbonyl (C=O) groups is 6. The van der Waals surface area contributed by atoms with E-state index in [9.17, 15) is 59.4 Å². The van der Waals surface area contributed by atoms with E-state index in [1.807, 2.05) is 10.2 Å². The molecule has 208 valence electrons. The third-order valence-electron chi connectivity index (χ3n) is 2.45. The minimum atomic E-state index is -1.57. The molecule has 0 atom stereocenters. The molecule has 14 N–H and O–H groups in total. The van der Waals surface area contributed by atoms with Crippen molar-refractivity contribution in [2.45, 2.75) is 0 Å². The van der Waals surface area contributed by atoms with Crippen LogP contribution < -0.4 is 75.5 Å². The monoisotopic (exact) mass is 616 g/mol. The van der Waals surface area contributed by atoms with E-state index in [4.69, 9.17) is 22.9 Å². The topological polar surface area (TPSA) is 431 Å². The Kier molecular flexibility index (Phi) is 30.6. The molecule has 0 unspecified atom stereocenters. The second-order valence-corrected chi connectivity index (χ2v) is 5.72. The molecule has 0 aromatic heterocycles. The Morgan fingerprint density at radius 1 is 0.459 bits per heavy atom. The Morgan fingerprint density at radius 3 is 0.622 bits per heavy atom. The van der Waals surface area contributed by atoms with Gasteiger partial charge in [0.15, 0.2) is 0 Å². The number of hydrogen-bond donors (Lipinski definition) is 8. The number of aliphatic carboxylic acids is 6. The van der Waals surface area contributed by atoms with Crippen molar-refractivity contribution < 1.29 is 95.8 Å². The van der Waals surface area contributed by atoms with Gasteiger partial charge in [0.1, 0.15) is 0 Å². The summed E-state index contributed by atoms with van der Waals surface area (Å²) in [7, 11) is 0. The smallest absolute Gasteiger partial charge is 0.549 e. The number of nitrogens with zero attached hydrogens (tertiary/aromatic N) is 2. The minimum absolute atomic E-state index is 0. The Hall–Kier alpha value is -4.24. The molecule has 0 fully saturated rings. The van der Waals surface area contributed by atoms with Crippen molar-refractivity contribution in [2.24, 2.45) is 34.6 Å². The zero-order valence-corrected chi connectivity index (χ0v) is 21.5. The number of rotatable bonds is 12. The molecule has 0 aliphatic heterocycles. The summed E-state index contributed by atoms with van der Waals surface area (Å²) in [5, 5.41) is 64.0. The van der Waals surface area contributed by atoms with Crippen molar-refractivity contribution in [1.82, 2.24) is 9.80 Å². The summed E-state index contributed by atoms with van der Waals surface area (Å²) in [5.74, 6) is -0.0694. The van der Waals surface area contributed by atoms with E-state index in [0.29, 0.717) is 9.80 Å². The van der Waals surface area contributed by atoms with E-state index in [-0.39, 0.29) is 38.1 Å². The molecule has 0 heterocycles. The molecular weight excluding hydrogens is 591 g/mol. The summed E-state index contributed by atoms with van der Waals surface area (Å²) in [5.41, 5.74) is 19.0. The van der Waals surface area contributed by atoms with Crippen LogP contribution in [0.2, 0.25) is 0 Å². The van der Waals surface area contributed by atoms with Crippen LogP contribution in [0.5, 0.6) is 0 Å². The third-order valence-corrected chi connectivity index (χ3v) is 2.45. The zero-order valence-electron chi connectivity index (χ0n) is 19.0. The fourth-order valence-corrected chi connectivity index (χ4v) is 1.43. The fourth-order valence-electron chi connectivity index (χ4n) is 1.43. The number of hydrazine groups is 2. The molecule has 0 saturated carbocycles. The van der Waals surface area contributed by atoms with Crippen molar-refractivity contribution in [2.75, 3.05) is 39.3 Å². The van der Waals surface area contributed by atoms with Crippen LogP contribution in [-0.4, -0.2) is 96.8 Å². The summed E-state index contributed by atoms with van der Waals surface area (Å²) in [4.78, 5) is 61.2. The van der Waals surface area contributed by atoms with Gasteiger partial charge in [-0.2, -0.15) is 10.2 Å². The number of hydrazone groups is 2. The number of carboxylic acid groups (broad SMARTS) is 6. The molecular formula is C14H26N10O12Zr. The Morgan fingerprint density at radius 2 is 0.568 bits per heavy atom. The van der Waals surface area contributed by atoms with Crippen LogP contribution in [0.4, 0.5) is 0 Å². The molecule has 0 bridgehead atoms. The number of nitrogens with two attached hydrogens (primary N) is 6. The van der Waals surface area contributed by atoms with Crippen LogP contribution in [0.3, 0.4) is 0 Å². The number of guanidine groups is 2. The van der Waals surface area contributed by atoms with Gasteiger partial charge in [-0.3, -0.25) is 44.4 Å². The Balaban J connectivity index is -0.000000133. The quantitative estimate of drug-likeness (QED) is 0.0435. The first-order valence-electron chi connectivity index (χ1n) is 8.70. The average molecular weight is 618 g/mol. The average Bonchev–Trinajstić information content (AvgIpc) is 2.66. The molecule has 0 aliphatic carbocycles. The first-order chi connectivity index (χ1) is 16.4. The van der Waals surface area contributed by atoms with E-state index in [1.54, 1.807) is 0 Å². The normalized spacial score (nSPS) is 8.70. The van der Waals surface area contributed by atoms with Crippen molar-refractivity contribution in [1.29, 1.82) is 0 Å². The SMILES string of the molecule is N[NH+]=C(N)N.N[NH+]=C(N)N.O=C([O-])CN(CC(=O)[O-])CC(=O)[O-].O=C([O-])CN(CC(=O)[O-])CC(=O)[O-].[Zr+4]. The molecule has 0 saturated heterocycles. The van der Waals surface area contributed by atoms with Gasteiger partial charge >= 0.3 is 38.1 Å². The molecule has 0 spiro atoms. The molecule has 37 heavy (non-hydrogen) atoms. The van der Waals surface area contributed by atoms with Crippen molar-refractivity contribution in [3.05, 3.63) is 0 Å². The van der Waals surface area contributed by atoms with E-state index in [1.165, 1.54) is 0 Å². The van der Waals surface area contributed by atoms with E-state index in [0.717, 1.165) is 0 Å². The predicted octanol–water partition coefficient (Wildman–Crippen LogP) is -18.5. The molecule has 0 aromatic carbocycles. The summed E-state index contributed by atoms with van der Waals surface area (Å²) in [6, 6.07) is 0. The molecule has 0 aromatic rings. The standard InChI is InChI=1S/2C6H9NO6.2CH6N4.Zr/c2*8-4(9)1-7(2-5(10)11)3-6(12)13;2*2-1(3)5-4;/h2*1-3H2,(H,8,9)(H,10,11)(H,12,13);2*4H2,(H4,2,3,5);/q;;;;+4/p-4. The summed E-state index contributed by atoms with van der Waals surface area (Å²) in [6.45, 7) is -4.74. The van der Waals surface area contributed by atoms with Gasteiger partial charge in [0.05, 0.1) is 35.8 Å². The predicted molar refractivity (Wildman–Crippen MR) is 100.0 cm³/mol. The third kappa shape index (κ3) is 49.8. The maximum atomic E-state index is 9.99. The van der Waals surface area contributed by atoms with Gasteiger partial charge in [-0.1, -0.05) is 0 Å². The summed E-state index contributed by atoms with van der Waals surface area (Å²) in [6.07, 6.45) is 0. The summed E-state index contributed by atoms with van der Waals surface area (Å²) >= 11 is 0. The van der Waals surface area contributed by atoms with Gasteiger partial charge in [0.25, 0.3) is 0 Å². The first-order valence-corrected chi connectivity index (χ1v) is 8.70. The van der Waals surface area contributed by atoms with E-state index in [2.05, 4.69) is 11.7 Å². The van der Waals surface area contributed by atoms with Crippen molar-refractivity contribution in [3.63, 3.8) is 0 Å². The zero-order chi connectivity index (χ0) is 29.4. The maximum Gasteiger partial charge on any atom is 4.00 e. The fraction of sp³-hybridized carbons (Fsp3) is 0.429. The number of carbonyl (C=O) groups excluding carboxylic acids is 6. The molecule has 0 radical (unpaired) electrons. The van der Waals surface area contributed by atoms with Gasteiger partial charge in [-0.25, -0.2) is 0 Å². The molecule has 23 heteroatoms. The van der Waals surface area contributed by atoms with Gasteiger partial charge < -0.3 is 59.4 Å². The molecule has 0 aliphatic rings. The molecule has 0 rings (SSSR count). The van der Waals surface area contributed by atoms with Crippen LogP contribution in [0.25, 0.3) is 0 Å². The van der Waals surface area contributed by atoms with E-state index >= 15 is 0 Å². The molecule has 22 nitrogen and oxygen atoms in total. The largest absolute Gasteiger partial charge is 4.00 e. The number of carboxylic acids is 6. The van der Waals surface area contributed by atoms with Gasteiger partial charge in [0.2, 0.25) is 0 Å². The Bertz CT molecular complexity index is 647. The maximum absolute atomic E-state index is 9.99. The second-order valence-electron chi connectivity index (χ2n) is 5.72. The number of nitrogens with one attached hydrogen (secondary N) is 2. The Labute approximate surface area is 227 Å². The minimum Gasteiger partial charge on any atom is -0.549 e. The van der Waals surface area contributed by atoms with Crippen molar-refractivity contribution >= 4 is 47.7 Å². The van der Waals surface area contributed by atoms with Crippen LogP contribution >= 0.6 is 0 Å². The molecule has 0 amide bonds. The van der Waals surface area contributed by atoms with Crippen LogP contribution in [0.15, 0.2) is 0 Å². The van der Waals surface area contributed by atoms with Crippen LogP contribution in [-0.2, 0) is 55.0 Å². The van der Waals surface area contributed by atoms with Crippen molar-refractivity contribution in [3.8, 4) is 0 Å².